The Balaban J connectivity index is 1.57. The fourth-order valence-corrected chi connectivity index (χ4v) is 4.00. The zero-order valence-electron chi connectivity index (χ0n) is 19.1. The van der Waals surface area contributed by atoms with Gasteiger partial charge in [-0.2, -0.15) is 10.2 Å². The first-order valence-electron chi connectivity index (χ1n) is 11.2. The predicted octanol–water partition coefficient (Wildman–Crippen LogP) is 4.66. The molecule has 0 aliphatic heterocycles. The summed E-state index contributed by atoms with van der Waals surface area (Å²) >= 11 is 0. The van der Waals surface area contributed by atoms with Crippen molar-refractivity contribution >= 4 is 16.8 Å². The predicted molar refractivity (Wildman–Crippen MR) is 114 cm³/mol. The van der Waals surface area contributed by atoms with Gasteiger partial charge in [-0.25, -0.2) is 17.6 Å². The second-order valence-electron chi connectivity index (χ2n) is 8.47. The van der Waals surface area contributed by atoms with Crippen molar-refractivity contribution in [2.75, 3.05) is 19.9 Å². The Labute approximate surface area is 198 Å². The van der Waals surface area contributed by atoms with Gasteiger partial charge in [0.1, 0.15) is 29.5 Å². The summed E-state index contributed by atoms with van der Waals surface area (Å²) < 4.78 is 84.6. The van der Waals surface area contributed by atoms with Crippen LogP contribution < -0.4 is 9.47 Å². The molecule has 1 aromatic heterocycles. The molecule has 0 bridgehead atoms. The fraction of sp³-hybridized carbons (Fsp3) is 0.609. The maximum absolute atomic E-state index is 14.8. The van der Waals surface area contributed by atoms with E-state index in [0.29, 0.717) is 31.7 Å². The van der Waals surface area contributed by atoms with Crippen LogP contribution in [0.5, 0.6) is 11.8 Å². The Kier molecular flexibility index (Phi) is 9.26. The van der Waals surface area contributed by atoms with Crippen molar-refractivity contribution in [1.82, 2.24) is 9.55 Å². The highest BCUT2D eigenvalue weighted by Gasteiger charge is 2.27. The molecule has 2 aromatic rings. The summed E-state index contributed by atoms with van der Waals surface area (Å²) in [5.74, 6) is -3.49. The molecular weight excluding hydrogens is 477 g/mol. The van der Waals surface area contributed by atoms with E-state index in [0.717, 1.165) is 0 Å². The molecule has 0 unspecified atom stereocenters. The number of hydrogen-bond donors (Lipinski definition) is 0. The molecule has 1 fully saturated rings. The number of aryl methyl sites for hydroxylation is 1. The van der Waals surface area contributed by atoms with Gasteiger partial charge in [-0.05, 0) is 25.7 Å². The van der Waals surface area contributed by atoms with Crippen LogP contribution in [-0.2, 0) is 16.6 Å². The average Bonchev–Trinajstić information content (AvgIpc) is 3.15. The molecule has 1 saturated carbocycles. The van der Waals surface area contributed by atoms with Crippen molar-refractivity contribution in [2.45, 2.75) is 57.2 Å². The second-order valence-corrected chi connectivity index (χ2v) is 8.47. The van der Waals surface area contributed by atoms with Crippen LogP contribution >= 0.6 is 0 Å². The first kappa shape index (κ1) is 26.7. The number of Topliss-reactive ketones (excluding diaryl/α,β-unsaturated/α-hetero) is 1. The Morgan fingerprint density at radius 2 is 1.91 bits per heavy atom. The highest BCUT2D eigenvalue weighted by Crippen LogP contribution is 2.33. The average molecular weight is 503 g/mol. The number of ketones is 1. The van der Waals surface area contributed by atoms with Gasteiger partial charge in [0.15, 0.2) is 17.4 Å². The van der Waals surface area contributed by atoms with Crippen LogP contribution in [-0.4, -0.2) is 53.9 Å². The van der Waals surface area contributed by atoms with Gasteiger partial charge in [0, 0.05) is 25.5 Å². The van der Waals surface area contributed by atoms with E-state index in [1.807, 2.05) is 0 Å². The van der Waals surface area contributed by atoms with Crippen LogP contribution in [0, 0.1) is 28.9 Å². The maximum atomic E-state index is 14.8. The molecule has 0 saturated heterocycles. The monoisotopic (exact) mass is 503 g/mol. The molecule has 0 amide bonds. The van der Waals surface area contributed by atoms with E-state index in [9.17, 15) is 26.7 Å². The van der Waals surface area contributed by atoms with Crippen molar-refractivity contribution in [2.24, 2.45) is 13.0 Å². The molecule has 35 heavy (non-hydrogen) atoms. The molecule has 12 heteroatoms. The number of nitriles is 1. The number of nitrogens with zero attached hydrogens (tertiary/aromatic N) is 3. The van der Waals surface area contributed by atoms with Crippen LogP contribution in [0.4, 0.5) is 22.0 Å². The number of rotatable bonds is 12. The maximum Gasteiger partial charge on any atom is 0.297 e. The van der Waals surface area contributed by atoms with Crippen LogP contribution in [0.3, 0.4) is 0 Å². The van der Waals surface area contributed by atoms with E-state index in [1.54, 1.807) is 6.07 Å². The lowest BCUT2D eigenvalue weighted by atomic mass is 9.94. The minimum absolute atomic E-state index is 0.0262. The third kappa shape index (κ3) is 6.81. The highest BCUT2D eigenvalue weighted by atomic mass is 19.3. The van der Waals surface area contributed by atoms with Gasteiger partial charge in [-0.3, -0.25) is 13.8 Å². The number of aromatic nitrogens is 2. The Morgan fingerprint density at radius 1 is 1.23 bits per heavy atom. The fourth-order valence-electron chi connectivity index (χ4n) is 4.00. The Morgan fingerprint density at radius 3 is 2.54 bits per heavy atom. The lowest BCUT2D eigenvalue weighted by molar-refractivity contribution is -0.120. The zero-order chi connectivity index (χ0) is 25.5. The van der Waals surface area contributed by atoms with E-state index in [2.05, 4.69) is 9.72 Å². The summed E-state index contributed by atoms with van der Waals surface area (Å²) in [5.41, 5.74) is -0.561. The van der Waals surface area contributed by atoms with Crippen molar-refractivity contribution < 1.29 is 41.0 Å². The molecule has 0 radical (unpaired) electrons. The summed E-state index contributed by atoms with van der Waals surface area (Å²) in [6.07, 6.45) is -1.31. The van der Waals surface area contributed by atoms with E-state index >= 15 is 0 Å². The van der Waals surface area contributed by atoms with E-state index in [4.69, 9.17) is 14.7 Å². The van der Waals surface area contributed by atoms with E-state index in [-0.39, 0.29) is 54.5 Å². The van der Waals surface area contributed by atoms with Gasteiger partial charge in [0.2, 0.25) is 0 Å². The Bertz CT molecular complexity index is 1060. The van der Waals surface area contributed by atoms with Gasteiger partial charge in [0.25, 0.3) is 12.4 Å². The molecule has 0 N–H and O–H groups in total. The van der Waals surface area contributed by atoms with Crippen LogP contribution in [0.1, 0.15) is 38.5 Å². The van der Waals surface area contributed by atoms with E-state index < -0.39 is 43.0 Å². The first-order valence-corrected chi connectivity index (χ1v) is 11.2. The first-order chi connectivity index (χ1) is 16.7. The molecule has 1 atom stereocenters. The van der Waals surface area contributed by atoms with Crippen molar-refractivity contribution in [3.05, 3.63) is 17.7 Å². The van der Waals surface area contributed by atoms with Crippen molar-refractivity contribution in [3.8, 4) is 17.8 Å². The minimum Gasteiger partial charge on any atom is -0.484 e. The van der Waals surface area contributed by atoms with Crippen molar-refractivity contribution in [3.63, 3.8) is 0 Å². The standard InChI is InChI=1S/C23H26F5N3O4/c1-31-22-20(28)18(34-12-19(26)27)9-17(25)21(22)30-23(31)35-16-4-2-15(3-5-16)33-11-13(10-24)8-14(32)6-7-29/h9,13,15-16,19H,2-6,8,10-12H2,1H3/t13-,15?,16?/m0/s1. The summed E-state index contributed by atoms with van der Waals surface area (Å²) in [4.78, 5) is 15.6. The van der Waals surface area contributed by atoms with Crippen LogP contribution in [0.25, 0.3) is 11.0 Å². The number of carbonyl (C=O) groups is 1. The summed E-state index contributed by atoms with van der Waals surface area (Å²) in [7, 11) is 1.42. The van der Waals surface area contributed by atoms with Gasteiger partial charge >= 0.3 is 0 Å². The van der Waals surface area contributed by atoms with Gasteiger partial charge in [0.05, 0.1) is 31.9 Å². The van der Waals surface area contributed by atoms with E-state index in [1.165, 1.54) is 11.6 Å². The molecule has 7 nitrogen and oxygen atoms in total. The lowest BCUT2D eigenvalue weighted by Crippen LogP contribution is -2.30. The normalized spacial score (nSPS) is 19.0. The summed E-state index contributed by atoms with van der Waals surface area (Å²) in [6, 6.07) is 2.40. The summed E-state index contributed by atoms with van der Waals surface area (Å²) in [5, 5.41) is 8.54. The van der Waals surface area contributed by atoms with Gasteiger partial charge in [-0.15, -0.1) is 0 Å². The molecular formula is C23H26F5N3O4. The number of hydrogen-bond acceptors (Lipinski definition) is 6. The largest absolute Gasteiger partial charge is 0.484 e. The number of carbonyl (C=O) groups excluding carboxylic acids is 1. The molecule has 192 valence electrons. The van der Waals surface area contributed by atoms with Gasteiger partial charge < -0.3 is 14.2 Å². The third-order valence-electron chi connectivity index (χ3n) is 5.80. The molecule has 1 aromatic carbocycles. The molecule has 1 aliphatic rings. The number of benzene rings is 1. The quantitative estimate of drug-likeness (QED) is 0.392. The molecule has 1 aliphatic carbocycles. The smallest absolute Gasteiger partial charge is 0.297 e. The molecule has 3 rings (SSSR count). The van der Waals surface area contributed by atoms with Crippen LogP contribution in [0.2, 0.25) is 0 Å². The van der Waals surface area contributed by atoms with Gasteiger partial charge in [-0.1, -0.05) is 0 Å². The lowest BCUT2D eigenvalue weighted by Gasteiger charge is -2.29. The Hall–Kier alpha value is -2.94. The van der Waals surface area contributed by atoms with Crippen molar-refractivity contribution in [1.29, 1.82) is 5.26 Å². The third-order valence-corrected chi connectivity index (χ3v) is 5.80. The minimum atomic E-state index is -2.84. The number of alkyl halides is 3. The number of imidazole rings is 1. The SMILES string of the molecule is Cn1c(OC2CCC(OC[C@H](CF)CC(=O)CC#N)CC2)nc2c(F)cc(OCC(F)F)c(F)c21. The second kappa shape index (κ2) is 12.2. The molecule has 1 heterocycles. The topological polar surface area (TPSA) is 86.4 Å². The molecule has 0 spiro atoms. The summed E-state index contributed by atoms with van der Waals surface area (Å²) in [6.45, 7) is -1.72. The number of ether oxygens (including phenoxy) is 3. The highest BCUT2D eigenvalue weighted by molar-refractivity contribution is 5.81. The number of halogens is 5. The van der Waals surface area contributed by atoms with Crippen LogP contribution in [0.15, 0.2) is 6.07 Å². The zero-order valence-corrected chi connectivity index (χ0v) is 19.1. The number of fused-ring (bicyclic) bond motifs is 1.